The lowest BCUT2D eigenvalue weighted by Gasteiger charge is -1.98. The number of terminal acetylenes is 1. The van der Waals surface area contributed by atoms with Gasteiger partial charge in [-0.25, -0.2) is 0 Å². The fourth-order valence-electron chi connectivity index (χ4n) is 0.805. The Labute approximate surface area is 60.9 Å². The molecule has 0 saturated heterocycles. The third-order valence-corrected chi connectivity index (χ3v) is 1.35. The Kier molecular flexibility index (Phi) is 1.96. The van der Waals surface area contributed by atoms with Crippen molar-refractivity contribution in [3.8, 4) is 12.3 Å². The Morgan fingerprint density at radius 1 is 1.40 bits per heavy atom. The lowest BCUT2D eigenvalue weighted by atomic mass is 10.1. The van der Waals surface area contributed by atoms with Crippen LogP contribution in [0.15, 0.2) is 24.3 Å². The van der Waals surface area contributed by atoms with Gasteiger partial charge in [0.2, 0.25) is 0 Å². The minimum absolute atomic E-state index is 0.618. The number of rotatable bonds is 1. The van der Waals surface area contributed by atoms with Crippen molar-refractivity contribution in [2.75, 3.05) is 5.73 Å². The highest BCUT2D eigenvalue weighted by molar-refractivity contribution is 5.47. The van der Waals surface area contributed by atoms with Crippen LogP contribution in [0.1, 0.15) is 5.56 Å². The topological polar surface area (TPSA) is 26.0 Å². The van der Waals surface area contributed by atoms with Gasteiger partial charge in [0.15, 0.2) is 0 Å². The van der Waals surface area contributed by atoms with Gasteiger partial charge < -0.3 is 5.73 Å². The molecule has 0 bridgehead atoms. The summed E-state index contributed by atoms with van der Waals surface area (Å²) in [5.74, 6) is 2.54. The van der Waals surface area contributed by atoms with E-state index in [1.807, 2.05) is 24.3 Å². The number of nitrogen functional groups attached to an aromatic ring is 1. The molecule has 1 aromatic carbocycles. The fraction of sp³-hybridized carbons (Fsp3) is 0.111. The lowest BCUT2D eigenvalue weighted by Crippen LogP contribution is -1.91. The molecule has 0 fully saturated rings. The molecule has 1 rings (SSSR count). The van der Waals surface area contributed by atoms with E-state index in [2.05, 4.69) is 5.92 Å². The molecule has 0 aliphatic rings. The molecule has 0 radical (unpaired) electrons. The van der Waals surface area contributed by atoms with E-state index in [4.69, 9.17) is 12.2 Å². The predicted molar refractivity (Wildman–Crippen MR) is 43.4 cm³/mol. The molecule has 0 aliphatic heterocycles. The van der Waals surface area contributed by atoms with E-state index >= 15 is 0 Å². The number of anilines is 1. The van der Waals surface area contributed by atoms with Crippen molar-refractivity contribution in [3.05, 3.63) is 29.8 Å². The first-order valence-electron chi connectivity index (χ1n) is 3.11. The molecule has 0 unspecified atom stereocenters. The summed E-state index contributed by atoms with van der Waals surface area (Å²) in [7, 11) is 0. The number of nitrogens with two attached hydrogens (primary N) is 1. The highest BCUT2D eigenvalue weighted by Crippen LogP contribution is 2.09. The Morgan fingerprint density at radius 3 is 2.70 bits per heavy atom. The Bertz CT molecular complexity index is 258. The first-order chi connectivity index (χ1) is 4.84. The van der Waals surface area contributed by atoms with E-state index < -0.39 is 0 Å². The minimum atomic E-state index is 0.618. The van der Waals surface area contributed by atoms with Crippen molar-refractivity contribution in [2.45, 2.75) is 6.42 Å². The SMILES string of the molecule is C#CCc1ccccc1N. The van der Waals surface area contributed by atoms with Crippen molar-refractivity contribution < 1.29 is 0 Å². The third kappa shape index (κ3) is 1.29. The second-order valence-corrected chi connectivity index (χ2v) is 2.08. The second-order valence-electron chi connectivity index (χ2n) is 2.08. The summed E-state index contributed by atoms with van der Waals surface area (Å²) in [5.41, 5.74) is 7.42. The zero-order valence-corrected chi connectivity index (χ0v) is 5.67. The quantitative estimate of drug-likeness (QED) is 0.453. The van der Waals surface area contributed by atoms with E-state index in [9.17, 15) is 0 Å². The van der Waals surface area contributed by atoms with Crippen LogP contribution in [0.5, 0.6) is 0 Å². The number of para-hydroxylation sites is 1. The zero-order valence-electron chi connectivity index (χ0n) is 5.67. The van der Waals surface area contributed by atoms with Crippen molar-refractivity contribution in [3.63, 3.8) is 0 Å². The average molecular weight is 131 g/mol. The van der Waals surface area contributed by atoms with Gasteiger partial charge in [-0.05, 0) is 11.6 Å². The summed E-state index contributed by atoms with van der Waals surface area (Å²) >= 11 is 0. The summed E-state index contributed by atoms with van der Waals surface area (Å²) in [4.78, 5) is 0. The third-order valence-electron chi connectivity index (χ3n) is 1.35. The van der Waals surface area contributed by atoms with E-state index in [0.717, 1.165) is 11.3 Å². The summed E-state index contributed by atoms with van der Waals surface area (Å²) in [6.07, 6.45) is 5.74. The molecule has 0 heterocycles. The Morgan fingerprint density at radius 2 is 2.10 bits per heavy atom. The minimum Gasteiger partial charge on any atom is -0.398 e. The molecule has 1 aromatic rings. The van der Waals surface area contributed by atoms with Gasteiger partial charge in [0, 0.05) is 12.1 Å². The molecule has 10 heavy (non-hydrogen) atoms. The molecule has 2 N–H and O–H groups in total. The van der Waals surface area contributed by atoms with Crippen LogP contribution >= 0.6 is 0 Å². The lowest BCUT2D eigenvalue weighted by molar-refractivity contribution is 1.33. The summed E-state index contributed by atoms with van der Waals surface area (Å²) in [5, 5.41) is 0. The number of benzene rings is 1. The molecule has 0 atom stereocenters. The first-order valence-corrected chi connectivity index (χ1v) is 3.11. The van der Waals surface area contributed by atoms with Crippen LogP contribution in [0.4, 0.5) is 5.69 Å². The van der Waals surface area contributed by atoms with Crippen molar-refractivity contribution in [1.29, 1.82) is 0 Å². The highest BCUT2D eigenvalue weighted by atomic mass is 14.5. The molecular formula is C9H9N. The van der Waals surface area contributed by atoms with Crippen molar-refractivity contribution >= 4 is 5.69 Å². The molecule has 0 aliphatic carbocycles. The molecule has 1 nitrogen and oxygen atoms in total. The van der Waals surface area contributed by atoms with Gasteiger partial charge in [-0.15, -0.1) is 12.3 Å². The van der Waals surface area contributed by atoms with Crippen LogP contribution in [-0.2, 0) is 6.42 Å². The zero-order chi connectivity index (χ0) is 7.40. The maximum Gasteiger partial charge on any atom is 0.0358 e. The van der Waals surface area contributed by atoms with E-state index in [-0.39, 0.29) is 0 Å². The second kappa shape index (κ2) is 2.93. The van der Waals surface area contributed by atoms with Crippen molar-refractivity contribution in [1.82, 2.24) is 0 Å². The maximum absolute atomic E-state index is 5.61. The molecule has 50 valence electrons. The average Bonchev–Trinajstić information content (AvgIpc) is 1.94. The number of hydrogen-bond donors (Lipinski definition) is 1. The molecular weight excluding hydrogens is 122 g/mol. The summed E-state index contributed by atoms with van der Waals surface area (Å²) in [6.45, 7) is 0. The summed E-state index contributed by atoms with van der Waals surface area (Å²) in [6, 6.07) is 7.63. The van der Waals surface area contributed by atoms with Gasteiger partial charge in [0.05, 0.1) is 0 Å². The largest absolute Gasteiger partial charge is 0.398 e. The van der Waals surface area contributed by atoms with Crippen LogP contribution in [0.2, 0.25) is 0 Å². The normalized spacial score (nSPS) is 8.70. The van der Waals surface area contributed by atoms with E-state index in [0.29, 0.717) is 6.42 Å². The first kappa shape index (κ1) is 6.70. The molecule has 1 heteroatoms. The maximum atomic E-state index is 5.61. The van der Waals surface area contributed by atoms with Crippen LogP contribution in [-0.4, -0.2) is 0 Å². The van der Waals surface area contributed by atoms with Crippen LogP contribution in [0.25, 0.3) is 0 Å². The van der Waals surface area contributed by atoms with Gasteiger partial charge in [-0.2, -0.15) is 0 Å². The fourth-order valence-corrected chi connectivity index (χ4v) is 0.805. The number of hydrogen-bond acceptors (Lipinski definition) is 1. The standard InChI is InChI=1S/C9H9N/c1-2-5-8-6-3-4-7-9(8)10/h1,3-4,6-7H,5,10H2. The Balaban J connectivity index is 2.94. The van der Waals surface area contributed by atoms with Gasteiger partial charge in [-0.1, -0.05) is 18.2 Å². The van der Waals surface area contributed by atoms with Crippen LogP contribution in [0, 0.1) is 12.3 Å². The van der Waals surface area contributed by atoms with Gasteiger partial charge in [0.1, 0.15) is 0 Å². The van der Waals surface area contributed by atoms with Gasteiger partial charge in [0.25, 0.3) is 0 Å². The van der Waals surface area contributed by atoms with E-state index in [1.54, 1.807) is 0 Å². The molecule has 0 amide bonds. The van der Waals surface area contributed by atoms with Gasteiger partial charge >= 0.3 is 0 Å². The Hall–Kier alpha value is -1.42. The molecule has 0 saturated carbocycles. The van der Waals surface area contributed by atoms with Crippen molar-refractivity contribution in [2.24, 2.45) is 0 Å². The monoisotopic (exact) mass is 131 g/mol. The summed E-state index contributed by atoms with van der Waals surface area (Å²) < 4.78 is 0. The van der Waals surface area contributed by atoms with E-state index in [1.165, 1.54) is 0 Å². The van der Waals surface area contributed by atoms with Crippen LogP contribution < -0.4 is 5.73 Å². The predicted octanol–water partition coefficient (Wildman–Crippen LogP) is 1.44. The van der Waals surface area contributed by atoms with Crippen LogP contribution in [0.3, 0.4) is 0 Å². The van der Waals surface area contributed by atoms with Gasteiger partial charge in [-0.3, -0.25) is 0 Å². The smallest absolute Gasteiger partial charge is 0.0358 e. The molecule has 0 aromatic heterocycles. The highest BCUT2D eigenvalue weighted by Gasteiger charge is 1.92. The molecule has 0 spiro atoms.